The van der Waals surface area contributed by atoms with E-state index in [-0.39, 0.29) is 27.2 Å². The molecule has 0 radical (unpaired) electrons. The summed E-state index contributed by atoms with van der Waals surface area (Å²) in [6.45, 7) is 8.13. The van der Waals surface area contributed by atoms with Gasteiger partial charge < -0.3 is 15.0 Å². The van der Waals surface area contributed by atoms with E-state index in [4.69, 9.17) is 0 Å². The standard InChI is InChI=1S/C18H20N4O2S/c1-10-5-6-11(25-10)7-13-16(23)22-14(17(24)21-13)8-12-15(18(2,3)4)20-9-19-12/h5-9H,1-4H3,(H,19,20)(H,21,24)(H,22,23)/b13-7-,14-8-. The highest BCUT2D eigenvalue weighted by atomic mass is 32.1. The highest BCUT2D eigenvalue weighted by Gasteiger charge is 2.19. The molecule has 0 amide bonds. The van der Waals surface area contributed by atoms with Crippen molar-refractivity contribution in [2.24, 2.45) is 0 Å². The van der Waals surface area contributed by atoms with Gasteiger partial charge in [-0.3, -0.25) is 9.59 Å². The smallest absolute Gasteiger partial charge is 0.272 e. The third-order valence-electron chi connectivity index (χ3n) is 3.73. The van der Waals surface area contributed by atoms with E-state index in [0.29, 0.717) is 5.69 Å². The molecule has 3 aromatic rings. The van der Waals surface area contributed by atoms with Crippen molar-refractivity contribution in [2.45, 2.75) is 33.1 Å². The Labute approximate surface area is 148 Å². The zero-order chi connectivity index (χ0) is 18.2. The van der Waals surface area contributed by atoms with Crippen molar-refractivity contribution in [1.82, 2.24) is 19.9 Å². The van der Waals surface area contributed by atoms with E-state index in [1.54, 1.807) is 29.8 Å². The zero-order valence-electron chi connectivity index (χ0n) is 14.6. The summed E-state index contributed by atoms with van der Waals surface area (Å²) >= 11 is 1.56. The Kier molecular flexibility index (Phi) is 4.34. The zero-order valence-corrected chi connectivity index (χ0v) is 15.4. The van der Waals surface area contributed by atoms with Crippen molar-refractivity contribution in [3.8, 4) is 0 Å². The average Bonchev–Trinajstić information content (AvgIpc) is 3.13. The Morgan fingerprint density at radius 1 is 1.04 bits per heavy atom. The molecule has 130 valence electrons. The normalized spacial score (nSPS) is 13.6. The first-order chi connectivity index (χ1) is 11.7. The van der Waals surface area contributed by atoms with Gasteiger partial charge >= 0.3 is 0 Å². The molecule has 0 aliphatic heterocycles. The second-order valence-corrected chi connectivity index (χ2v) is 8.20. The Hall–Kier alpha value is -2.67. The minimum Gasteiger partial charge on any atom is -0.348 e. The molecule has 25 heavy (non-hydrogen) atoms. The Bertz CT molecular complexity index is 1140. The molecule has 3 rings (SSSR count). The molecule has 3 N–H and O–H groups in total. The molecular weight excluding hydrogens is 336 g/mol. The third kappa shape index (κ3) is 3.71. The van der Waals surface area contributed by atoms with Gasteiger partial charge in [0.2, 0.25) is 0 Å². The molecule has 0 spiro atoms. The van der Waals surface area contributed by atoms with Crippen LogP contribution in [0.1, 0.15) is 41.9 Å². The number of hydrogen-bond acceptors (Lipinski definition) is 4. The lowest BCUT2D eigenvalue weighted by molar-refractivity contribution is 0.571. The second-order valence-electron chi connectivity index (χ2n) is 6.89. The van der Waals surface area contributed by atoms with Crippen LogP contribution in [0.25, 0.3) is 12.2 Å². The van der Waals surface area contributed by atoms with Gasteiger partial charge in [-0.05, 0) is 31.2 Å². The Balaban J connectivity index is 2.14. The maximum absolute atomic E-state index is 12.4. The van der Waals surface area contributed by atoms with E-state index in [2.05, 4.69) is 19.9 Å². The molecule has 3 heterocycles. The Morgan fingerprint density at radius 3 is 2.24 bits per heavy atom. The molecule has 0 bridgehead atoms. The summed E-state index contributed by atoms with van der Waals surface area (Å²) in [5, 5.41) is 0.421. The van der Waals surface area contributed by atoms with Crippen LogP contribution in [0.4, 0.5) is 0 Å². The van der Waals surface area contributed by atoms with Gasteiger partial charge in [0.15, 0.2) is 0 Å². The molecule has 0 fully saturated rings. The summed E-state index contributed by atoms with van der Waals surface area (Å²) in [7, 11) is 0. The minimum absolute atomic E-state index is 0.153. The van der Waals surface area contributed by atoms with Crippen LogP contribution in [0.5, 0.6) is 0 Å². The Morgan fingerprint density at radius 2 is 1.68 bits per heavy atom. The number of aromatic amines is 3. The molecule has 0 saturated carbocycles. The van der Waals surface area contributed by atoms with Gasteiger partial charge in [-0.1, -0.05) is 20.8 Å². The van der Waals surface area contributed by atoms with Crippen LogP contribution in [0, 0.1) is 6.92 Å². The molecule has 0 aliphatic carbocycles. The van der Waals surface area contributed by atoms with Crippen molar-refractivity contribution in [2.75, 3.05) is 0 Å². The highest BCUT2D eigenvalue weighted by molar-refractivity contribution is 7.12. The van der Waals surface area contributed by atoms with E-state index < -0.39 is 0 Å². The van der Waals surface area contributed by atoms with Crippen LogP contribution in [0.15, 0.2) is 28.0 Å². The number of hydrogen-bond donors (Lipinski definition) is 3. The SMILES string of the molecule is Cc1ccc(/C=c2\[nH]c(=O)/c(=C/c3nc[nH]c3C(C)(C)C)[nH]c2=O)s1. The molecule has 7 heteroatoms. The van der Waals surface area contributed by atoms with Crippen molar-refractivity contribution >= 4 is 23.5 Å². The maximum atomic E-state index is 12.4. The molecule has 6 nitrogen and oxygen atoms in total. The summed E-state index contributed by atoms with van der Waals surface area (Å²) in [6, 6.07) is 3.88. The number of thiophene rings is 1. The van der Waals surface area contributed by atoms with E-state index in [9.17, 15) is 9.59 Å². The number of aryl methyl sites for hydroxylation is 1. The molecule has 3 aromatic heterocycles. The lowest BCUT2D eigenvalue weighted by Crippen LogP contribution is -2.46. The van der Waals surface area contributed by atoms with Crippen LogP contribution in [0.3, 0.4) is 0 Å². The first kappa shape index (κ1) is 17.2. The van der Waals surface area contributed by atoms with Gasteiger partial charge in [0, 0.05) is 20.9 Å². The van der Waals surface area contributed by atoms with Gasteiger partial charge in [0.1, 0.15) is 10.7 Å². The monoisotopic (exact) mass is 356 g/mol. The summed E-state index contributed by atoms with van der Waals surface area (Å²) < 4.78 is 0. The average molecular weight is 356 g/mol. The second kappa shape index (κ2) is 6.33. The number of nitrogens with one attached hydrogen (secondary N) is 3. The lowest BCUT2D eigenvalue weighted by atomic mass is 9.90. The van der Waals surface area contributed by atoms with Crippen molar-refractivity contribution in [3.63, 3.8) is 0 Å². The van der Waals surface area contributed by atoms with Crippen molar-refractivity contribution < 1.29 is 0 Å². The first-order valence-electron chi connectivity index (χ1n) is 7.90. The fraction of sp³-hybridized carbons (Fsp3) is 0.278. The van der Waals surface area contributed by atoms with Crippen molar-refractivity contribution in [1.29, 1.82) is 0 Å². The summed E-state index contributed by atoms with van der Waals surface area (Å²) in [4.78, 5) is 39.4. The van der Waals surface area contributed by atoms with Crippen LogP contribution in [0.2, 0.25) is 0 Å². The summed E-state index contributed by atoms with van der Waals surface area (Å²) in [5.41, 5.74) is 0.684. The molecule has 0 aromatic carbocycles. The van der Waals surface area contributed by atoms with Crippen LogP contribution < -0.4 is 21.8 Å². The van der Waals surface area contributed by atoms with E-state index in [0.717, 1.165) is 15.4 Å². The first-order valence-corrected chi connectivity index (χ1v) is 8.72. The largest absolute Gasteiger partial charge is 0.348 e. The fourth-order valence-electron chi connectivity index (χ4n) is 2.52. The van der Waals surface area contributed by atoms with E-state index >= 15 is 0 Å². The molecule has 0 atom stereocenters. The third-order valence-corrected chi connectivity index (χ3v) is 4.68. The number of nitrogens with zero attached hydrogens (tertiary/aromatic N) is 1. The topological polar surface area (TPSA) is 94.4 Å². The number of rotatable bonds is 2. The maximum Gasteiger partial charge on any atom is 0.272 e. The summed E-state index contributed by atoms with van der Waals surface area (Å²) in [5.74, 6) is 0. The lowest BCUT2D eigenvalue weighted by Gasteiger charge is -2.16. The van der Waals surface area contributed by atoms with E-state index in [1.807, 2.05) is 39.8 Å². The molecular formula is C18H20N4O2S. The fourth-order valence-corrected chi connectivity index (χ4v) is 3.34. The van der Waals surface area contributed by atoms with Gasteiger partial charge in [-0.15, -0.1) is 11.3 Å². The van der Waals surface area contributed by atoms with Gasteiger partial charge in [0.25, 0.3) is 11.1 Å². The van der Waals surface area contributed by atoms with Gasteiger partial charge in [0.05, 0.1) is 12.0 Å². The van der Waals surface area contributed by atoms with E-state index in [1.165, 1.54) is 0 Å². The molecule has 0 saturated heterocycles. The number of aromatic nitrogens is 4. The van der Waals surface area contributed by atoms with Crippen LogP contribution in [-0.2, 0) is 5.41 Å². The predicted octanol–water partition coefficient (Wildman–Crippen LogP) is 1.11. The quantitative estimate of drug-likeness (QED) is 0.642. The number of imidazole rings is 1. The minimum atomic E-state index is -0.359. The van der Waals surface area contributed by atoms with Gasteiger partial charge in [-0.2, -0.15) is 0 Å². The predicted molar refractivity (Wildman–Crippen MR) is 100 cm³/mol. The van der Waals surface area contributed by atoms with Crippen LogP contribution in [-0.4, -0.2) is 19.9 Å². The molecule has 0 unspecified atom stereocenters. The summed E-state index contributed by atoms with van der Waals surface area (Å²) in [6.07, 6.45) is 4.85. The van der Waals surface area contributed by atoms with Crippen LogP contribution >= 0.6 is 11.3 Å². The molecule has 0 aliphatic rings. The van der Waals surface area contributed by atoms with Gasteiger partial charge in [-0.25, -0.2) is 4.98 Å². The highest BCUT2D eigenvalue weighted by Crippen LogP contribution is 2.22. The van der Waals surface area contributed by atoms with Crippen molar-refractivity contribution in [3.05, 3.63) is 71.0 Å². The number of H-pyrrole nitrogens is 3.